The van der Waals surface area contributed by atoms with Crippen molar-refractivity contribution in [2.75, 3.05) is 0 Å². The molecule has 3 nitrogen and oxygen atoms in total. The van der Waals surface area contributed by atoms with Crippen LogP contribution in [-0.2, 0) is 6.42 Å². The molecule has 0 aliphatic carbocycles. The van der Waals surface area contributed by atoms with Gasteiger partial charge in [0.2, 0.25) is 0 Å². The third kappa shape index (κ3) is 1.88. The zero-order valence-electron chi connectivity index (χ0n) is 10.6. The molecule has 0 saturated carbocycles. The first-order valence-corrected chi connectivity index (χ1v) is 6.18. The van der Waals surface area contributed by atoms with Crippen LogP contribution in [0.2, 0.25) is 0 Å². The zero-order chi connectivity index (χ0) is 12.5. The van der Waals surface area contributed by atoms with Crippen molar-refractivity contribution in [3.8, 4) is 11.1 Å². The highest BCUT2D eigenvalue weighted by molar-refractivity contribution is 5.82. The Bertz CT molecular complexity index is 698. The summed E-state index contributed by atoms with van der Waals surface area (Å²) in [5.41, 5.74) is 5.52. The molecule has 0 spiro atoms. The van der Waals surface area contributed by atoms with Crippen LogP contribution in [0, 0.1) is 6.92 Å². The predicted octanol–water partition coefficient (Wildman–Crippen LogP) is 3.50. The summed E-state index contributed by atoms with van der Waals surface area (Å²) in [4.78, 5) is 12.1. The van der Waals surface area contributed by atoms with Gasteiger partial charge in [-0.3, -0.25) is 4.98 Å². The number of nitrogens with zero attached hydrogens (tertiary/aromatic N) is 2. The quantitative estimate of drug-likeness (QED) is 0.741. The topological polar surface area (TPSA) is 41.6 Å². The molecule has 90 valence electrons. The van der Waals surface area contributed by atoms with Crippen LogP contribution in [0.4, 0.5) is 0 Å². The summed E-state index contributed by atoms with van der Waals surface area (Å²) in [6, 6.07) is 10.5. The molecule has 0 amide bonds. The molecule has 0 saturated heterocycles. The van der Waals surface area contributed by atoms with E-state index < -0.39 is 0 Å². The normalized spacial score (nSPS) is 11.0. The lowest BCUT2D eigenvalue weighted by Gasteiger charge is -2.02. The van der Waals surface area contributed by atoms with Gasteiger partial charge in [0, 0.05) is 18.3 Å². The molecule has 0 unspecified atom stereocenters. The number of rotatable bonds is 2. The SMILES string of the molecule is CCc1nc2cc(-c3ccnc(C)c3)ccc2[nH]1. The van der Waals surface area contributed by atoms with Gasteiger partial charge >= 0.3 is 0 Å². The first-order chi connectivity index (χ1) is 8.76. The van der Waals surface area contributed by atoms with Crippen LogP contribution in [0.25, 0.3) is 22.2 Å². The van der Waals surface area contributed by atoms with Gasteiger partial charge in [0.1, 0.15) is 5.82 Å². The Balaban J connectivity index is 2.12. The molecular formula is C15H15N3. The number of hydrogen-bond acceptors (Lipinski definition) is 2. The minimum atomic E-state index is 0.929. The summed E-state index contributed by atoms with van der Waals surface area (Å²) >= 11 is 0. The van der Waals surface area contributed by atoms with E-state index in [-0.39, 0.29) is 0 Å². The Kier molecular flexibility index (Phi) is 2.59. The van der Waals surface area contributed by atoms with Crippen molar-refractivity contribution in [1.29, 1.82) is 0 Å². The number of aromatic amines is 1. The standard InChI is InChI=1S/C15H15N3/c1-3-15-17-13-5-4-11(9-14(13)18-15)12-6-7-16-10(2)8-12/h4-9H,3H2,1-2H3,(H,17,18). The molecule has 0 radical (unpaired) electrons. The summed E-state index contributed by atoms with van der Waals surface area (Å²) in [6.07, 6.45) is 2.77. The van der Waals surface area contributed by atoms with E-state index in [1.54, 1.807) is 0 Å². The number of pyridine rings is 1. The molecular weight excluding hydrogens is 222 g/mol. The Hall–Kier alpha value is -2.16. The maximum absolute atomic E-state index is 4.57. The molecule has 0 fully saturated rings. The summed E-state index contributed by atoms with van der Waals surface area (Å²) in [5, 5.41) is 0. The first-order valence-electron chi connectivity index (χ1n) is 6.18. The van der Waals surface area contributed by atoms with Gasteiger partial charge in [-0.2, -0.15) is 0 Å². The van der Waals surface area contributed by atoms with E-state index >= 15 is 0 Å². The number of aryl methyl sites for hydroxylation is 2. The maximum Gasteiger partial charge on any atom is 0.106 e. The zero-order valence-corrected chi connectivity index (χ0v) is 10.6. The van der Waals surface area contributed by atoms with Crippen molar-refractivity contribution < 1.29 is 0 Å². The highest BCUT2D eigenvalue weighted by Crippen LogP contribution is 2.23. The van der Waals surface area contributed by atoms with E-state index in [0.717, 1.165) is 29.0 Å². The number of hydrogen-bond donors (Lipinski definition) is 1. The number of benzene rings is 1. The second-order valence-electron chi connectivity index (χ2n) is 4.45. The van der Waals surface area contributed by atoms with Crippen LogP contribution in [0.3, 0.4) is 0 Å². The number of H-pyrrole nitrogens is 1. The molecule has 0 atom stereocenters. The van der Waals surface area contributed by atoms with Crippen LogP contribution >= 0.6 is 0 Å². The lowest BCUT2D eigenvalue weighted by molar-refractivity contribution is 1.00. The molecule has 3 aromatic rings. The molecule has 3 rings (SSSR count). The van der Waals surface area contributed by atoms with Crippen molar-refractivity contribution in [3.05, 3.63) is 48.0 Å². The molecule has 0 aliphatic rings. The molecule has 0 aliphatic heterocycles. The van der Waals surface area contributed by atoms with Crippen LogP contribution in [-0.4, -0.2) is 15.0 Å². The van der Waals surface area contributed by atoms with E-state index in [1.165, 1.54) is 11.1 Å². The number of nitrogens with one attached hydrogen (secondary N) is 1. The van der Waals surface area contributed by atoms with Gasteiger partial charge in [0.15, 0.2) is 0 Å². The fourth-order valence-electron chi connectivity index (χ4n) is 2.13. The van der Waals surface area contributed by atoms with Gasteiger partial charge in [-0.25, -0.2) is 4.98 Å². The third-order valence-corrected chi connectivity index (χ3v) is 3.10. The van der Waals surface area contributed by atoms with E-state index in [4.69, 9.17) is 0 Å². The third-order valence-electron chi connectivity index (χ3n) is 3.10. The average Bonchev–Trinajstić information content (AvgIpc) is 2.80. The van der Waals surface area contributed by atoms with Gasteiger partial charge in [-0.05, 0) is 42.3 Å². The molecule has 2 heterocycles. The van der Waals surface area contributed by atoms with E-state index in [1.807, 2.05) is 19.2 Å². The molecule has 18 heavy (non-hydrogen) atoms. The van der Waals surface area contributed by atoms with Crippen molar-refractivity contribution in [2.45, 2.75) is 20.3 Å². The fraction of sp³-hybridized carbons (Fsp3) is 0.200. The van der Waals surface area contributed by atoms with Gasteiger partial charge in [-0.1, -0.05) is 13.0 Å². The molecule has 0 bridgehead atoms. The van der Waals surface area contributed by atoms with E-state index in [0.29, 0.717) is 0 Å². The second kappa shape index (κ2) is 4.26. The molecule has 1 aromatic carbocycles. The Labute approximate surface area is 106 Å². The highest BCUT2D eigenvalue weighted by atomic mass is 14.9. The van der Waals surface area contributed by atoms with Crippen LogP contribution in [0.5, 0.6) is 0 Å². The largest absolute Gasteiger partial charge is 0.342 e. The average molecular weight is 237 g/mol. The van der Waals surface area contributed by atoms with Crippen LogP contribution < -0.4 is 0 Å². The Morgan fingerprint density at radius 2 is 1.94 bits per heavy atom. The minimum Gasteiger partial charge on any atom is -0.342 e. The van der Waals surface area contributed by atoms with Crippen LogP contribution in [0.15, 0.2) is 36.5 Å². The first kappa shape index (κ1) is 11.0. The smallest absolute Gasteiger partial charge is 0.106 e. The highest BCUT2D eigenvalue weighted by Gasteiger charge is 2.04. The van der Waals surface area contributed by atoms with E-state index in [2.05, 4.69) is 46.1 Å². The number of aromatic nitrogens is 3. The van der Waals surface area contributed by atoms with Crippen molar-refractivity contribution in [3.63, 3.8) is 0 Å². The maximum atomic E-state index is 4.57. The van der Waals surface area contributed by atoms with E-state index in [9.17, 15) is 0 Å². The summed E-state index contributed by atoms with van der Waals surface area (Å²) in [5.74, 6) is 1.04. The van der Waals surface area contributed by atoms with Gasteiger partial charge in [-0.15, -0.1) is 0 Å². The van der Waals surface area contributed by atoms with Gasteiger partial charge < -0.3 is 4.98 Å². The minimum absolute atomic E-state index is 0.929. The van der Waals surface area contributed by atoms with Gasteiger partial charge in [0.25, 0.3) is 0 Å². The predicted molar refractivity (Wildman–Crippen MR) is 73.4 cm³/mol. The fourth-order valence-corrected chi connectivity index (χ4v) is 2.13. The van der Waals surface area contributed by atoms with Gasteiger partial charge in [0.05, 0.1) is 11.0 Å². The van der Waals surface area contributed by atoms with Crippen LogP contribution in [0.1, 0.15) is 18.4 Å². The summed E-state index contributed by atoms with van der Waals surface area (Å²) < 4.78 is 0. The summed E-state index contributed by atoms with van der Waals surface area (Å²) in [6.45, 7) is 4.11. The Morgan fingerprint density at radius 1 is 1.11 bits per heavy atom. The monoisotopic (exact) mass is 237 g/mol. The molecule has 3 heteroatoms. The van der Waals surface area contributed by atoms with Crippen molar-refractivity contribution in [1.82, 2.24) is 15.0 Å². The second-order valence-corrected chi connectivity index (χ2v) is 4.45. The van der Waals surface area contributed by atoms with Crippen molar-refractivity contribution >= 4 is 11.0 Å². The molecule has 1 N–H and O–H groups in total. The summed E-state index contributed by atoms with van der Waals surface area (Å²) in [7, 11) is 0. The number of imidazole rings is 1. The lowest BCUT2D eigenvalue weighted by Crippen LogP contribution is -1.83. The molecule has 2 aromatic heterocycles. The number of fused-ring (bicyclic) bond motifs is 1. The lowest BCUT2D eigenvalue weighted by atomic mass is 10.1. The Morgan fingerprint density at radius 3 is 2.72 bits per heavy atom. The van der Waals surface area contributed by atoms with Crippen molar-refractivity contribution in [2.24, 2.45) is 0 Å².